The molecule has 2 unspecified atom stereocenters. The van der Waals surface area contributed by atoms with Gasteiger partial charge >= 0.3 is 0 Å². The van der Waals surface area contributed by atoms with E-state index in [0.29, 0.717) is 11.1 Å². The minimum atomic E-state index is -0.361. The molecule has 1 fully saturated rings. The van der Waals surface area contributed by atoms with E-state index in [1.54, 1.807) is 6.07 Å². The maximum Gasteiger partial charge on any atom is 0.237 e. The fourth-order valence-corrected chi connectivity index (χ4v) is 2.28. The Bertz CT molecular complexity index is 477. The van der Waals surface area contributed by atoms with Gasteiger partial charge in [0.05, 0.1) is 6.04 Å². The summed E-state index contributed by atoms with van der Waals surface area (Å²) < 4.78 is 13.0. The van der Waals surface area contributed by atoms with E-state index in [1.807, 2.05) is 13.8 Å². The first-order chi connectivity index (χ1) is 8.97. The van der Waals surface area contributed by atoms with Crippen LogP contribution in [0.15, 0.2) is 18.2 Å². The average molecular weight is 285 g/mol. The van der Waals surface area contributed by atoms with Crippen LogP contribution in [0.3, 0.4) is 0 Å². The molecule has 19 heavy (non-hydrogen) atoms. The van der Waals surface area contributed by atoms with Gasteiger partial charge in [-0.25, -0.2) is 4.39 Å². The zero-order valence-electron chi connectivity index (χ0n) is 11.0. The fraction of sp³-hybridized carbons (Fsp3) is 0.500. The number of benzene rings is 1. The molecule has 1 aromatic rings. The van der Waals surface area contributed by atoms with E-state index in [0.717, 1.165) is 18.4 Å². The van der Waals surface area contributed by atoms with Crippen molar-refractivity contribution in [1.82, 2.24) is 10.6 Å². The molecule has 2 N–H and O–H groups in total. The smallest absolute Gasteiger partial charge is 0.237 e. The molecule has 1 amide bonds. The van der Waals surface area contributed by atoms with Crippen molar-refractivity contribution in [2.45, 2.75) is 44.8 Å². The molecule has 104 valence electrons. The molecular formula is C14H18ClFN2O. The molecule has 0 aromatic heterocycles. The third-order valence-corrected chi connectivity index (χ3v) is 3.57. The quantitative estimate of drug-likeness (QED) is 0.873. The van der Waals surface area contributed by atoms with E-state index in [1.165, 1.54) is 12.1 Å². The Labute approximate surface area is 117 Å². The number of carbonyl (C=O) groups excluding carboxylic acids is 1. The van der Waals surface area contributed by atoms with E-state index in [-0.39, 0.29) is 23.8 Å². The van der Waals surface area contributed by atoms with Gasteiger partial charge in [-0.1, -0.05) is 17.7 Å². The molecule has 1 saturated carbocycles. The van der Waals surface area contributed by atoms with Crippen LogP contribution >= 0.6 is 11.6 Å². The molecule has 1 aliphatic carbocycles. The SMILES string of the molecule is CC(NC(C)c1ccc(F)cc1Cl)C(=O)NC1CC1. The lowest BCUT2D eigenvalue weighted by Gasteiger charge is -2.20. The van der Waals surface area contributed by atoms with E-state index >= 15 is 0 Å². The van der Waals surface area contributed by atoms with Crippen molar-refractivity contribution in [3.8, 4) is 0 Å². The molecule has 0 saturated heterocycles. The van der Waals surface area contributed by atoms with Gasteiger partial charge in [-0.05, 0) is 44.4 Å². The van der Waals surface area contributed by atoms with E-state index in [9.17, 15) is 9.18 Å². The highest BCUT2D eigenvalue weighted by Crippen LogP contribution is 2.24. The molecule has 0 bridgehead atoms. The summed E-state index contributed by atoms with van der Waals surface area (Å²) in [6, 6.07) is 4.21. The first-order valence-electron chi connectivity index (χ1n) is 6.48. The molecule has 2 atom stereocenters. The lowest BCUT2D eigenvalue weighted by Crippen LogP contribution is -2.43. The van der Waals surface area contributed by atoms with Gasteiger partial charge in [0, 0.05) is 17.1 Å². The van der Waals surface area contributed by atoms with Crippen molar-refractivity contribution >= 4 is 17.5 Å². The highest BCUT2D eigenvalue weighted by molar-refractivity contribution is 6.31. The minimum absolute atomic E-state index is 0.00687. The predicted octanol–water partition coefficient (Wildman–Crippen LogP) is 2.80. The summed E-state index contributed by atoms with van der Waals surface area (Å²) in [4.78, 5) is 11.8. The Hall–Kier alpha value is -1.13. The molecule has 2 rings (SSSR count). The standard InChI is InChI=1S/C14H18ClFN2O/c1-8(12-6-3-10(16)7-13(12)15)17-9(2)14(19)18-11-4-5-11/h3,6-9,11,17H,4-5H2,1-2H3,(H,18,19). The average Bonchev–Trinajstić information content (AvgIpc) is 3.12. The van der Waals surface area contributed by atoms with Crippen LogP contribution < -0.4 is 10.6 Å². The summed E-state index contributed by atoms with van der Waals surface area (Å²) in [6.07, 6.45) is 2.13. The first-order valence-corrected chi connectivity index (χ1v) is 6.86. The molecule has 0 heterocycles. The zero-order chi connectivity index (χ0) is 14.0. The number of carbonyl (C=O) groups is 1. The Balaban J connectivity index is 1.95. The number of amides is 1. The lowest BCUT2D eigenvalue weighted by atomic mass is 10.1. The summed E-state index contributed by atoms with van der Waals surface area (Å²) in [7, 11) is 0. The number of halogens is 2. The summed E-state index contributed by atoms with van der Waals surface area (Å²) in [5.41, 5.74) is 0.786. The molecular weight excluding hydrogens is 267 g/mol. The molecule has 5 heteroatoms. The van der Waals surface area contributed by atoms with Crippen molar-refractivity contribution in [2.24, 2.45) is 0 Å². The Morgan fingerprint density at radius 2 is 2.11 bits per heavy atom. The van der Waals surface area contributed by atoms with Crippen LogP contribution in [-0.2, 0) is 4.79 Å². The molecule has 3 nitrogen and oxygen atoms in total. The van der Waals surface area contributed by atoms with Crippen LogP contribution in [0.1, 0.15) is 38.3 Å². The van der Waals surface area contributed by atoms with Gasteiger partial charge in [0.1, 0.15) is 5.82 Å². The van der Waals surface area contributed by atoms with E-state index in [4.69, 9.17) is 11.6 Å². The molecule has 1 aliphatic rings. The number of rotatable bonds is 5. The fourth-order valence-electron chi connectivity index (χ4n) is 1.95. The van der Waals surface area contributed by atoms with Gasteiger partial charge in [-0.15, -0.1) is 0 Å². The van der Waals surface area contributed by atoms with Crippen LogP contribution in [0.25, 0.3) is 0 Å². The van der Waals surface area contributed by atoms with Gasteiger partial charge in [-0.3, -0.25) is 10.1 Å². The number of nitrogens with one attached hydrogen (secondary N) is 2. The Morgan fingerprint density at radius 3 is 2.68 bits per heavy atom. The second kappa shape index (κ2) is 5.88. The van der Waals surface area contributed by atoms with Crippen molar-refractivity contribution < 1.29 is 9.18 Å². The maximum atomic E-state index is 13.0. The highest BCUT2D eigenvalue weighted by atomic mass is 35.5. The third-order valence-electron chi connectivity index (χ3n) is 3.25. The van der Waals surface area contributed by atoms with Gasteiger partial charge in [0.2, 0.25) is 5.91 Å². The molecule has 0 aliphatic heterocycles. The predicted molar refractivity (Wildman–Crippen MR) is 73.6 cm³/mol. The van der Waals surface area contributed by atoms with Crippen LogP contribution in [0, 0.1) is 5.82 Å². The number of hydrogen-bond acceptors (Lipinski definition) is 2. The van der Waals surface area contributed by atoms with Gasteiger partial charge in [0.15, 0.2) is 0 Å². The molecule has 0 spiro atoms. The van der Waals surface area contributed by atoms with Gasteiger partial charge in [0.25, 0.3) is 0 Å². The second-order valence-electron chi connectivity index (χ2n) is 5.06. The maximum absolute atomic E-state index is 13.0. The second-order valence-corrected chi connectivity index (χ2v) is 5.47. The van der Waals surface area contributed by atoms with Crippen molar-refractivity contribution in [3.63, 3.8) is 0 Å². The van der Waals surface area contributed by atoms with E-state index in [2.05, 4.69) is 10.6 Å². The highest BCUT2D eigenvalue weighted by Gasteiger charge is 2.26. The summed E-state index contributed by atoms with van der Waals surface area (Å²) in [5.74, 6) is -0.368. The number of hydrogen-bond donors (Lipinski definition) is 2. The monoisotopic (exact) mass is 284 g/mol. The van der Waals surface area contributed by atoms with Gasteiger partial charge in [-0.2, -0.15) is 0 Å². The lowest BCUT2D eigenvalue weighted by molar-refractivity contribution is -0.123. The third kappa shape index (κ3) is 3.91. The normalized spacial score (nSPS) is 17.9. The van der Waals surface area contributed by atoms with Crippen LogP contribution in [0.2, 0.25) is 5.02 Å². The topological polar surface area (TPSA) is 41.1 Å². The van der Waals surface area contributed by atoms with Crippen LogP contribution in [-0.4, -0.2) is 18.0 Å². The summed E-state index contributed by atoms with van der Waals surface area (Å²) in [5, 5.41) is 6.48. The Morgan fingerprint density at radius 1 is 1.42 bits per heavy atom. The van der Waals surface area contributed by atoms with Crippen molar-refractivity contribution in [2.75, 3.05) is 0 Å². The Kier molecular flexibility index (Phi) is 4.42. The van der Waals surface area contributed by atoms with Crippen LogP contribution in [0.5, 0.6) is 0 Å². The molecule has 1 aromatic carbocycles. The van der Waals surface area contributed by atoms with Crippen LogP contribution in [0.4, 0.5) is 4.39 Å². The first kappa shape index (κ1) is 14.3. The van der Waals surface area contributed by atoms with Crippen molar-refractivity contribution in [1.29, 1.82) is 0 Å². The zero-order valence-corrected chi connectivity index (χ0v) is 11.8. The van der Waals surface area contributed by atoms with E-state index < -0.39 is 0 Å². The largest absolute Gasteiger partial charge is 0.352 e. The summed E-state index contributed by atoms with van der Waals surface area (Å²) in [6.45, 7) is 3.71. The molecule has 0 radical (unpaired) electrons. The minimum Gasteiger partial charge on any atom is -0.352 e. The van der Waals surface area contributed by atoms with Crippen molar-refractivity contribution in [3.05, 3.63) is 34.6 Å². The van der Waals surface area contributed by atoms with Gasteiger partial charge < -0.3 is 5.32 Å². The summed E-state index contributed by atoms with van der Waals surface area (Å²) >= 11 is 6.00.